The van der Waals surface area contributed by atoms with Crippen LogP contribution < -0.4 is 14.8 Å². The van der Waals surface area contributed by atoms with E-state index in [1.807, 2.05) is 0 Å². The highest BCUT2D eigenvalue weighted by Crippen LogP contribution is 2.27. The Morgan fingerprint density at radius 3 is 2.56 bits per heavy atom. The third kappa shape index (κ3) is 5.77. The first-order valence-corrected chi connectivity index (χ1v) is 7.59. The number of benzene rings is 2. The minimum atomic E-state index is -0.869. The Hall–Kier alpha value is -3.49. The Labute approximate surface area is 152 Å². The van der Waals surface area contributed by atoms with E-state index in [0.29, 0.717) is 11.8 Å². The third-order valence-corrected chi connectivity index (χ3v) is 3.24. The minimum Gasteiger partial charge on any atom is -0.493 e. The van der Waals surface area contributed by atoms with Gasteiger partial charge in [0.15, 0.2) is 24.7 Å². The molecule has 0 saturated carbocycles. The smallest absolute Gasteiger partial charge is 0.344 e. The molecule has 142 valence electrons. The molecule has 0 fully saturated rings. The minimum absolute atomic E-state index is 0.200. The Morgan fingerprint density at radius 1 is 1.07 bits per heavy atom. The van der Waals surface area contributed by atoms with Gasteiger partial charge in [0.25, 0.3) is 5.91 Å². The predicted molar refractivity (Wildman–Crippen MR) is 89.8 cm³/mol. The molecule has 9 heteroatoms. The van der Waals surface area contributed by atoms with Crippen molar-refractivity contribution in [3.63, 3.8) is 0 Å². The van der Waals surface area contributed by atoms with Gasteiger partial charge in [-0.25, -0.2) is 13.6 Å². The zero-order valence-electron chi connectivity index (χ0n) is 14.2. The molecule has 0 atom stereocenters. The largest absolute Gasteiger partial charge is 0.493 e. The number of hydrogen-bond acceptors (Lipinski definition) is 6. The molecule has 7 nitrogen and oxygen atoms in total. The van der Waals surface area contributed by atoms with Crippen molar-refractivity contribution < 1.29 is 37.4 Å². The van der Waals surface area contributed by atoms with Gasteiger partial charge in [-0.1, -0.05) is 0 Å². The normalized spacial score (nSPS) is 10.0. The number of ether oxygens (including phenoxy) is 3. The van der Waals surface area contributed by atoms with Crippen LogP contribution in [0.4, 0.5) is 14.5 Å². The second-order valence-electron chi connectivity index (χ2n) is 5.15. The fraction of sp³-hybridized carbons (Fsp3) is 0.167. The average molecular weight is 379 g/mol. The Morgan fingerprint density at radius 2 is 1.85 bits per heavy atom. The van der Waals surface area contributed by atoms with E-state index in [9.17, 15) is 23.2 Å². The topological polar surface area (TPSA) is 90.9 Å². The Balaban J connectivity index is 1.83. The highest BCUT2D eigenvalue weighted by atomic mass is 19.1. The number of nitrogens with one attached hydrogen (secondary N) is 1. The van der Waals surface area contributed by atoms with Crippen LogP contribution in [0.3, 0.4) is 0 Å². The quantitative estimate of drug-likeness (QED) is 0.559. The van der Waals surface area contributed by atoms with Gasteiger partial charge in [-0.2, -0.15) is 0 Å². The first kappa shape index (κ1) is 19.8. The molecule has 0 unspecified atom stereocenters. The van der Waals surface area contributed by atoms with Crippen LogP contribution in [-0.2, 0) is 14.3 Å². The van der Waals surface area contributed by atoms with Crippen LogP contribution in [0.5, 0.6) is 11.5 Å². The van der Waals surface area contributed by atoms with E-state index >= 15 is 0 Å². The van der Waals surface area contributed by atoms with Crippen LogP contribution in [0.1, 0.15) is 10.4 Å². The van der Waals surface area contributed by atoms with Crippen LogP contribution in [0.2, 0.25) is 0 Å². The summed E-state index contributed by atoms with van der Waals surface area (Å²) in [4.78, 5) is 34.0. The number of esters is 1. The molecule has 0 aliphatic heterocycles. The van der Waals surface area contributed by atoms with Crippen molar-refractivity contribution in [3.8, 4) is 11.5 Å². The van der Waals surface area contributed by atoms with Crippen LogP contribution in [0.25, 0.3) is 0 Å². The molecule has 2 aromatic rings. The number of rotatable bonds is 8. The van der Waals surface area contributed by atoms with Gasteiger partial charge in [-0.3, -0.25) is 9.59 Å². The van der Waals surface area contributed by atoms with Gasteiger partial charge in [-0.15, -0.1) is 0 Å². The van der Waals surface area contributed by atoms with Crippen molar-refractivity contribution in [2.24, 2.45) is 0 Å². The molecule has 0 bridgehead atoms. The summed E-state index contributed by atoms with van der Waals surface area (Å²) in [7, 11) is 1.37. The summed E-state index contributed by atoms with van der Waals surface area (Å²) in [5, 5.41) is 2.09. The van der Waals surface area contributed by atoms with E-state index in [1.54, 1.807) is 0 Å². The third-order valence-electron chi connectivity index (χ3n) is 3.24. The number of halogens is 2. The van der Waals surface area contributed by atoms with Crippen LogP contribution in [0.15, 0.2) is 36.4 Å². The maximum atomic E-state index is 13.4. The molecule has 0 radical (unpaired) electrons. The van der Waals surface area contributed by atoms with E-state index in [0.717, 1.165) is 18.2 Å². The van der Waals surface area contributed by atoms with Gasteiger partial charge in [0.05, 0.1) is 12.8 Å². The molecular weight excluding hydrogens is 364 g/mol. The van der Waals surface area contributed by atoms with Gasteiger partial charge < -0.3 is 19.5 Å². The van der Waals surface area contributed by atoms with E-state index in [2.05, 4.69) is 5.32 Å². The van der Waals surface area contributed by atoms with E-state index in [4.69, 9.17) is 14.2 Å². The van der Waals surface area contributed by atoms with Crippen molar-refractivity contribution >= 4 is 23.9 Å². The number of amides is 1. The highest BCUT2D eigenvalue weighted by Gasteiger charge is 2.13. The lowest BCUT2D eigenvalue weighted by Gasteiger charge is -2.11. The monoisotopic (exact) mass is 379 g/mol. The summed E-state index contributed by atoms with van der Waals surface area (Å²) in [5.41, 5.74) is -0.00432. The van der Waals surface area contributed by atoms with Crippen molar-refractivity contribution in [2.75, 3.05) is 25.6 Å². The molecule has 0 aliphatic rings. The van der Waals surface area contributed by atoms with Crippen LogP contribution in [0, 0.1) is 11.6 Å². The number of hydrogen-bond donors (Lipinski definition) is 1. The molecular formula is C18H15F2NO6. The molecule has 0 saturated heterocycles. The molecule has 27 heavy (non-hydrogen) atoms. The van der Waals surface area contributed by atoms with Crippen LogP contribution in [-0.4, -0.2) is 38.5 Å². The summed E-state index contributed by atoms with van der Waals surface area (Å²) in [6.07, 6.45) is 0.626. The summed E-state index contributed by atoms with van der Waals surface area (Å²) in [5.74, 6) is -2.83. The molecule has 2 rings (SSSR count). The number of aldehydes is 1. The number of anilines is 1. The van der Waals surface area contributed by atoms with Crippen LogP contribution >= 0.6 is 0 Å². The molecule has 0 aliphatic carbocycles. The summed E-state index contributed by atoms with van der Waals surface area (Å²) in [6, 6.07) is 6.89. The molecule has 2 aromatic carbocycles. The second-order valence-corrected chi connectivity index (χ2v) is 5.15. The van der Waals surface area contributed by atoms with Gasteiger partial charge in [0.2, 0.25) is 0 Å². The molecule has 0 spiro atoms. The van der Waals surface area contributed by atoms with Crippen molar-refractivity contribution in [3.05, 3.63) is 53.6 Å². The molecule has 1 N–H and O–H groups in total. The first-order chi connectivity index (χ1) is 12.9. The lowest BCUT2D eigenvalue weighted by Crippen LogP contribution is -2.24. The second kappa shape index (κ2) is 9.27. The molecule has 0 aromatic heterocycles. The lowest BCUT2D eigenvalue weighted by atomic mass is 10.2. The predicted octanol–water partition coefficient (Wildman–Crippen LogP) is 2.35. The number of methoxy groups -OCH3 is 1. The Bertz CT molecular complexity index is 856. The first-order valence-electron chi connectivity index (χ1n) is 7.59. The van der Waals surface area contributed by atoms with Gasteiger partial charge in [0.1, 0.15) is 17.9 Å². The van der Waals surface area contributed by atoms with Gasteiger partial charge >= 0.3 is 5.97 Å². The zero-order valence-corrected chi connectivity index (χ0v) is 14.2. The van der Waals surface area contributed by atoms with Gasteiger partial charge in [-0.05, 0) is 30.3 Å². The number of carbonyl (C=O) groups excluding carboxylic acids is 3. The highest BCUT2D eigenvalue weighted by molar-refractivity contribution is 5.93. The lowest BCUT2D eigenvalue weighted by molar-refractivity contribution is -0.149. The van der Waals surface area contributed by atoms with E-state index in [-0.39, 0.29) is 17.2 Å². The van der Waals surface area contributed by atoms with Crippen molar-refractivity contribution in [1.29, 1.82) is 0 Å². The summed E-state index contributed by atoms with van der Waals surface area (Å²) < 4.78 is 41.4. The fourth-order valence-corrected chi connectivity index (χ4v) is 1.98. The zero-order chi connectivity index (χ0) is 19.8. The number of carbonyl (C=O) groups is 3. The maximum absolute atomic E-state index is 13.4. The van der Waals surface area contributed by atoms with Gasteiger partial charge in [0, 0.05) is 11.6 Å². The fourth-order valence-electron chi connectivity index (χ4n) is 1.98. The summed E-state index contributed by atoms with van der Waals surface area (Å²) >= 11 is 0. The SMILES string of the molecule is COc1cc(C=O)ccc1OCC(=O)OCC(=O)Nc1cc(F)ccc1F. The standard InChI is InChI=1S/C18H15F2NO6/c1-25-16-6-11(8-22)2-5-15(16)26-10-18(24)27-9-17(23)21-14-7-12(19)3-4-13(14)20/h2-8H,9-10H2,1H3,(H,21,23). The van der Waals surface area contributed by atoms with E-state index in [1.165, 1.54) is 25.3 Å². The van der Waals surface area contributed by atoms with Crippen molar-refractivity contribution in [2.45, 2.75) is 0 Å². The summed E-state index contributed by atoms with van der Waals surface area (Å²) in [6.45, 7) is -1.24. The Kier molecular flexibility index (Phi) is 6.81. The van der Waals surface area contributed by atoms with E-state index < -0.39 is 36.7 Å². The molecule has 0 heterocycles. The maximum Gasteiger partial charge on any atom is 0.344 e. The van der Waals surface area contributed by atoms with Crippen molar-refractivity contribution in [1.82, 2.24) is 0 Å². The average Bonchev–Trinajstić information content (AvgIpc) is 2.67. The molecule has 1 amide bonds.